The van der Waals surface area contributed by atoms with E-state index in [2.05, 4.69) is 5.32 Å². The summed E-state index contributed by atoms with van der Waals surface area (Å²) < 4.78 is 31.0. The van der Waals surface area contributed by atoms with Crippen molar-refractivity contribution < 1.29 is 13.5 Å². The molecule has 2 rings (SSSR count). The first-order valence-electron chi connectivity index (χ1n) is 5.61. The normalized spacial score (nSPS) is 10.3. The summed E-state index contributed by atoms with van der Waals surface area (Å²) in [7, 11) is 1.56. The predicted molar refractivity (Wildman–Crippen MR) is 71.7 cm³/mol. The van der Waals surface area contributed by atoms with Gasteiger partial charge in [-0.1, -0.05) is 11.6 Å². The molecule has 0 bridgehead atoms. The average Bonchev–Trinajstić information content (AvgIpc) is 2.40. The molecule has 0 aliphatic rings. The molecule has 5 heteroatoms. The Hall–Kier alpha value is -1.81. The highest BCUT2D eigenvalue weighted by Gasteiger charge is 2.05. The summed E-state index contributed by atoms with van der Waals surface area (Å²) >= 11 is 5.91. The van der Waals surface area contributed by atoms with E-state index in [-0.39, 0.29) is 0 Å². The van der Waals surface area contributed by atoms with Crippen molar-refractivity contribution in [1.29, 1.82) is 0 Å². The van der Waals surface area contributed by atoms with E-state index >= 15 is 0 Å². The minimum Gasteiger partial charge on any atom is -0.496 e. The van der Waals surface area contributed by atoms with Gasteiger partial charge in [0, 0.05) is 28.9 Å². The molecule has 0 amide bonds. The Labute approximate surface area is 115 Å². The molecule has 2 nitrogen and oxygen atoms in total. The number of hydrogen-bond acceptors (Lipinski definition) is 2. The molecule has 0 heterocycles. The van der Waals surface area contributed by atoms with Gasteiger partial charge in [-0.25, -0.2) is 8.78 Å². The van der Waals surface area contributed by atoms with Crippen LogP contribution in [0.1, 0.15) is 5.56 Å². The van der Waals surface area contributed by atoms with Gasteiger partial charge in [-0.2, -0.15) is 0 Å². The molecule has 0 spiro atoms. The maximum atomic E-state index is 13.1. The molecule has 0 fully saturated rings. The van der Waals surface area contributed by atoms with Gasteiger partial charge in [0.1, 0.15) is 5.75 Å². The van der Waals surface area contributed by atoms with Crippen LogP contribution in [-0.4, -0.2) is 7.11 Å². The molecule has 0 aliphatic heterocycles. The second-order valence-corrected chi connectivity index (χ2v) is 4.38. The molecule has 2 aromatic rings. The fourth-order valence-corrected chi connectivity index (χ4v) is 1.88. The lowest BCUT2D eigenvalue weighted by atomic mass is 10.2. The van der Waals surface area contributed by atoms with Gasteiger partial charge in [0.15, 0.2) is 11.6 Å². The number of halogens is 3. The average molecular weight is 284 g/mol. The first-order valence-corrected chi connectivity index (χ1v) is 5.99. The fraction of sp³-hybridized carbons (Fsp3) is 0.143. The van der Waals surface area contributed by atoms with Gasteiger partial charge in [-0.3, -0.25) is 0 Å². The van der Waals surface area contributed by atoms with E-state index < -0.39 is 11.6 Å². The van der Waals surface area contributed by atoms with Crippen molar-refractivity contribution in [3.8, 4) is 5.75 Å². The van der Waals surface area contributed by atoms with E-state index in [0.717, 1.165) is 17.7 Å². The zero-order valence-electron chi connectivity index (χ0n) is 10.2. The third kappa shape index (κ3) is 3.35. The summed E-state index contributed by atoms with van der Waals surface area (Å²) in [6, 6.07) is 8.88. The van der Waals surface area contributed by atoms with E-state index in [0.29, 0.717) is 23.0 Å². The van der Waals surface area contributed by atoms with E-state index in [1.54, 1.807) is 25.3 Å². The highest BCUT2D eigenvalue weighted by molar-refractivity contribution is 6.30. The predicted octanol–water partition coefficient (Wildman–Crippen LogP) is 4.24. The maximum Gasteiger partial charge on any atom is 0.160 e. The van der Waals surface area contributed by atoms with Gasteiger partial charge in [-0.15, -0.1) is 0 Å². The van der Waals surface area contributed by atoms with Crippen molar-refractivity contribution in [1.82, 2.24) is 0 Å². The maximum absolute atomic E-state index is 13.1. The second kappa shape index (κ2) is 5.89. The Bertz CT molecular complexity index is 590. The quantitative estimate of drug-likeness (QED) is 0.906. The molecule has 0 saturated heterocycles. The summed E-state index contributed by atoms with van der Waals surface area (Å²) in [6.07, 6.45) is 0. The number of methoxy groups -OCH3 is 1. The second-order valence-electron chi connectivity index (χ2n) is 3.94. The van der Waals surface area contributed by atoms with Gasteiger partial charge >= 0.3 is 0 Å². The zero-order chi connectivity index (χ0) is 13.8. The number of nitrogens with one attached hydrogen (secondary N) is 1. The van der Waals surface area contributed by atoms with Crippen LogP contribution in [0, 0.1) is 11.6 Å². The third-order valence-corrected chi connectivity index (χ3v) is 2.88. The number of benzene rings is 2. The Morgan fingerprint density at radius 2 is 1.89 bits per heavy atom. The Morgan fingerprint density at radius 1 is 1.11 bits per heavy atom. The standard InChI is InChI=1S/C14H12ClF2NO/c1-19-14-5-2-10(15)6-9(14)8-18-11-3-4-12(16)13(17)7-11/h2-7,18H,8H2,1H3. The number of anilines is 1. The summed E-state index contributed by atoms with van der Waals surface area (Å²) in [4.78, 5) is 0. The highest BCUT2D eigenvalue weighted by Crippen LogP contribution is 2.24. The van der Waals surface area contributed by atoms with Crippen LogP contribution in [0.2, 0.25) is 5.02 Å². The van der Waals surface area contributed by atoms with Crippen LogP contribution in [0.3, 0.4) is 0 Å². The third-order valence-electron chi connectivity index (χ3n) is 2.65. The van der Waals surface area contributed by atoms with Crippen LogP contribution in [0.15, 0.2) is 36.4 Å². The molecule has 0 atom stereocenters. The smallest absolute Gasteiger partial charge is 0.160 e. The van der Waals surface area contributed by atoms with Crippen molar-refractivity contribution in [2.45, 2.75) is 6.54 Å². The Balaban J connectivity index is 2.13. The van der Waals surface area contributed by atoms with Crippen LogP contribution >= 0.6 is 11.6 Å². The molecule has 0 unspecified atom stereocenters. The minimum atomic E-state index is -0.886. The SMILES string of the molecule is COc1ccc(Cl)cc1CNc1ccc(F)c(F)c1. The molecule has 0 saturated carbocycles. The largest absolute Gasteiger partial charge is 0.496 e. The van der Waals surface area contributed by atoms with Gasteiger partial charge in [0.05, 0.1) is 7.11 Å². The van der Waals surface area contributed by atoms with E-state index in [1.165, 1.54) is 6.07 Å². The summed E-state index contributed by atoms with van der Waals surface area (Å²) in [5.41, 5.74) is 1.32. The minimum absolute atomic E-state index is 0.398. The number of ether oxygens (including phenoxy) is 1. The molecule has 100 valence electrons. The van der Waals surface area contributed by atoms with Gasteiger partial charge in [-0.05, 0) is 30.3 Å². The lowest BCUT2D eigenvalue weighted by molar-refractivity contribution is 0.410. The van der Waals surface area contributed by atoms with Crippen molar-refractivity contribution in [2.75, 3.05) is 12.4 Å². The molecule has 0 aliphatic carbocycles. The van der Waals surface area contributed by atoms with Gasteiger partial charge in [0.25, 0.3) is 0 Å². The molecule has 0 aromatic heterocycles. The molecule has 1 N–H and O–H groups in total. The summed E-state index contributed by atoms with van der Waals surface area (Å²) in [5.74, 6) is -1.08. The Morgan fingerprint density at radius 3 is 2.58 bits per heavy atom. The molecular formula is C14H12ClF2NO. The van der Waals surface area contributed by atoms with Crippen LogP contribution in [0.4, 0.5) is 14.5 Å². The first-order chi connectivity index (χ1) is 9.10. The van der Waals surface area contributed by atoms with Crippen LogP contribution < -0.4 is 10.1 Å². The van der Waals surface area contributed by atoms with Crippen molar-refractivity contribution >= 4 is 17.3 Å². The monoisotopic (exact) mass is 283 g/mol. The van der Waals surface area contributed by atoms with Crippen molar-refractivity contribution in [3.05, 3.63) is 58.6 Å². The molecular weight excluding hydrogens is 272 g/mol. The van der Waals surface area contributed by atoms with E-state index in [9.17, 15) is 8.78 Å². The molecule has 0 radical (unpaired) electrons. The highest BCUT2D eigenvalue weighted by atomic mass is 35.5. The first kappa shape index (κ1) is 13.6. The topological polar surface area (TPSA) is 21.3 Å². The summed E-state index contributed by atoms with van der Waals surface area (Å²) in [5, 5.41) is 3.57. The van der Waals surface area contributed by atoms with Gasteiger partial charge < -0.3 is 10.1 Å². The van der Waals surface area contributed by atoms with Crippen LogP contribution in [-0.2, 0) is 6.54 Å². The van der Waals surface area contributed by atoms with Crippen molar-refractivity contribution in [2.24, 2.45) is 0 Å². The lowest BCUT2D eigenvalue weighted by Crippen LogP contribution is -2.02. The van der Waals surface area contributed by atoms with Crippen LogP contribution in [0.25, 0.3) is 0 Å². The summed E-state index contributed by atoms with van der Waals surface area (Å²) in [6.45, 7) is 0.398. The number of rotatable bonds is 4. The van der Waals surface area contributed by atoms with Gasteiger partial charge in [0.2, 0.25) is 0 Å². The van der Waals surface area contributed by atoms with Crippen LogP contribution in [0.5, 0.6) is 5.75 Å². The van der Waals surface area contributed by atoms with E-state index in [1.807, 2.05) is 0 Å². The van der Waals surface area contributed by atoms with Crippen molar-refractivity contribution in [3.63, 3.8) is 0 Å². The van der Waals surface area contributed by atoms with E-state index in [4.69, 9.17) is 16.3 Å². The molecule has 19 heavy (non-hydrogen) atoms. The number of hydrogen-bond donors (Lipinski definition) is 1. The Kier molecular flexibility index (Phi) is 4.22. The fourth-order valence-electron chi connectivity index (χ4n) is 1.69. The molecule has 2 aromatic carbocycles. The lowest BCUT2D eigenvalue weighted by Gasteiger charge is -2.11. The zero-order valence-corrected chi connectivity index (χ0v) is 11.0.